The predicted octanol–water partition coefficient (Wildman–Crippen LogP) is 1.65. The minimum absolute atomic E-state index is 0.494. The van der Waals surface area contributed by atoms with Crippen LogP contribution in [0.3, 0.4) is 0 Å². The van der Waals surface area contributed by atoms with Crippen molar-refractivity contribution in [1.29, 1.82) is 0 Å². The predicted molar refractivity (Wildman–Crippen MR) is 65.5 cm³/mol. The largest absolute Gasteiger partial charge is 0.388 e. The van der Waals surface area contributed by atoms with Gasteiger partial charge in [-0.2, -0.15) is 5.10 Å². The quantitative estimate of drug-likeness (QED) is 0.870. The second kappa shape index (κ2) is 5.10. The molecule has 1 N–H and O–H groups in total. The Morgan fingerprint density at radius 3 is 2.76 bits per heavy atom. The molecule has 17 heavy (non-hydrogen) atoms. The van der Waals surface area contributed by atoms with Crippen molar-refractivity contribution in [2.75, 3.05) is 0 Å². The summed E-state index contributed by atoms with van der Waals surface area (Å²) in [5, 5.41) is 14.2. The van der Waals surface area contributed by atoms with Crippen LogP contribution in [0.25, 0.3) is 0 Å². The molecule has 0 spiro atoms. The van der Waals surface area contributed by atoms with Crippen LogP contribution in [0.2, 0.25) is 0 Å². The van der Waals surface area contributed by atoms with Crippen molar-refractivity contribution < 1.29 is 5.11 Å². The molecule has 0 fully saturated rings. The Morgan fingerprint density at radius 2 is 2.12 bits per heavy atom. The van der Waals surface area contributed by atoms with Crippen LogP contribution in [0, 0.1) is 0 Å². The van der Waals surface area contributed by atoms with E-state index in [1.54, 1.807) is 4.68 Å². The highest BCUT2D eigenvalue weighted by molar-refractivity contribution is 5.29. The molecule has 4 heteroatoms. The zero-order valence-electron chi connectivity index (χ0n) is 10.2. The Labute approximate surface area is 101 Å². The number of hydrogen-bond donors (Lipinski definition) is 1. The molecule has 0 radical (unpaired) electrons. The van der Waals surface area contributed by atoms with Gasteiger partial charge in [-0.05, 0) is 17.5 Å². The second-order valence-electron chi connectivity index (χ2n) is 4.07. The number of hydrogen-bond acceptors (Lipinski definition) is 3. The van der Waals surface area contributed by atoms with Crippen molar-refractivity contribution in [3.8, 4) is 0 Å². The summed E-state index contributed by atoms with van der Waals surface area (Å²) in [6.45, 7) is 2.09. The summed E-state index contributed by atoms with van der Waals surface area (Å²) >= 11 is 0. The van der Waals surface area contributed by atoms with Crippen LogP contribution < -0.4 is 0 Å². The maximum absolute atomic E-state index is 10.2. The lowest BCUT2D eigenvalue weighted by Gasteiger charge is -2.14. The topological polar surface area (TPSA) is 50.9 Å². The molecule has 1 atom stereocenters. The van der Waals surface area contributed by atoms with Crippen LogP contribution in [0.15, 0.2) is 30.6 Å². The number of rotatable bonds is 4. The van der Waals surface area contributed by atoms with E-state index in [0.29, 0.717) is 6.42 Å². The van der Waals surface area contributed by atoms with Crippen LogP contribution in [-0.4, -0.2) is 19.9 Å². The van der Waals surface area contributed by atoms with E-state index in [4.69, 9.17) is 0 Å². The van der Waals surface area contributed by atoms with Gasteiger partial charge in [0.05, 0.1) is 6.10 Å². The first kappa shape index (κ1) is 11.8. The molecule has 2 aromatic rings. The number of aryl methyl sites for hydroxylation is 2. The standard InChI is InChI=1S/C13H17N3O/c1-3-10-6-4-5-7-11(10)12(17)8-13-14-9-15-16(13)2/h4-7,9,12,17H,3,8H2,1-2H3. The van der Waals surface area contributed by atoms with Gasteiger partial charge in [0.25, 0.3) is 0 Å². The molecule has 4 nitrogen and oxygen atoms in total. The third kappa shape index (κ3) is 2.53. The van der Waals surface area contributed by atoms with Gasteiger partial charge in [-0.15, -0.1) is 0 Å². The van der Waals surface area contributed by atoms with E-state index < -0.39 is 6.10 Å². The number of aromatic nitrogens is 3. The summed E-state index contributed by atoms with van der Waals surface area (Å²) in [5.41, 5.74) is 2.17. The Kier molecular flexibility index (Phi) is 3.54. The van der Waals surface area contributed by atoms with Crippen molar-refractivity contribution in [1.82, 2.24) is 14.8 Å². The Morgan fingerprint density at radius 1 is 1.35 bits per heavy atom. The summed E-state index contributed by atoms with van der Waals surface area (Å²) in [4.78, 5) is 4.13. The molecule has 0 aliphatic rings. The molecule has 1 aromatic heterocycles. The van der Waals surface area contributed by atoms with Gasteiger partial charge in [-0.1, -0.05) is 31.2 Å². The van der Waals surface area contributed by atoms with E-state index in [1.807, 2.05) is 25.2 Å². The second-order valence-corrected chi connectivity index (χ2v) is 4.07. The van der Waals surface area contributed by atoms with E-state index in [0.717, 1.165) is 17.8 Å². The summed E-state index contributed by atoms with van der Waals surface area (Å²) < 4.78 is 1.69. The third-order valence-corrected chi connectivity index (χ3v) is 2.98. The normalized spacial score (nSPS) is 12.6. The van der Waals surface area contributed by atoms with Crippen LogP contribution in [0.4, 0.5) is 0 Å². The highest BCUT2D eigenvalue weighted by atomic mass is 16.3. The fourth-order valence-corrected chi connectivity index (χ4v) is 1.97. The first-order chi connectivity index (χ1) is 8.22. The molecule has 0 aliphatic heterocycles. The third-order valence-electron chi connectivity index (χ3n) is 2.98. The van der Waals surface area contributed by atoms with Gasteiger partial charge in [0.1, 0.15) is 12.2 Å². The van der Waals surface area contributed by atoms with Crippen LogP contribution >= 0.6 is 0 Å². The summed E-state index contributed by atoms with van der Waals surface area (Å²) in [5.74, 6) is 0.795. The molecular formula is C13H17N3O. The molecule has 1 unspecified atom stereocenters. The number of nitrogens with zero attached hydrogens (tertiary/aromatic N) is 3. The minimum Gasteiger partial charge on any atom is -0.388 e. The first-order valence-electron chi connectivity index (χ1n) is 5.81. The first-order valence-corrected chi connectivity index (χ1v) is 5.81. The van der Waals surface area contributed by atoms with Gasteiger partial charge in [0, 0.05) is 13.5 Å². The molecular weight excluding hydrogens is 214 g/mol. The lowest BCUT2D eigenvalue weighted by Crippen LogP contribution is -2.09. The van der Waals surface area contributed by atoms with Crippen LogP contribution in [-0.2, 0) is 19.9 Å². The van der Waals surface area contributed by atoms with Crippen LogP contribution in [0.5, 0.6) is 0 Å². The average Bonchev–Trinajstić information content (AvgIpc) is 2.75. The molecule has 1 aromatic carbocycles. The monoisotopic (exact) mass is 231 g/mol. The highest BCUT2D eigenvalue weighted by Gasteiger charge is 2.14. The van der Waals surface area contributed by atoms with Crippen molar-refractivity contribution in [3.05, 3.63) is 47.5 Å². The molecule has 1 heterocycles. The average molecular weight is 231 g/mol. The van der Waals surface area contributed by atoms with Gasteiger partial charge >= 0.3 is 0 Å². The Balaban J connectivity index is 2.20. The zero-order valence-corrected chi connectivity index (χ0v) is 10.2. The minimum atomic E-state index is -0.519. The van der Waals surface area contributed by atoms with Crippen LogP contribution in [0.1, 0.15) is 30.0 Å². The summed E-state index contributed by atoms with van der Waals surface area (Å²) in [6, 6.07) is 7.97. The summed E-state index contributed by atoms with van der Waals surface area (Å²) in [6.07, 6.45) is 2.40. The van der Waals surface area contributed by atoms with Gasteiger partial charge in [0.2, 0.25) is 0 Å². The maximum Gasteiger partial charge on any atom is 0.138 e. The fourth-order valence-electron chi connectivity index (χ4n) is 1.97. The van der Waals surface area contributed by atoms with Crippen molar-refractivity contribution in [3.63, 3.8) is 0 Å². The SMILES string of the molecule is CCc1ccccc1C(O)Cc1ncnn1C. The summed E-state index contributed by atoms with van der Waals surface area (Å²) in [7, 11) is 1.83. The van der Waals surface area contributed by atoms with Crippen molar-refractivity contribution in [2.45, 2.75) is 25.9 Å². The molecule has 0 saturated heterocycles. The smallest absolute Gasteiger partial charge is 0.138 e. The molecule has 90 valence electrons. The van der Waals surface area contributed by atoms with E-state index in [-0.39, 0.29) is 0 Å². The Hall–Kier alpha value is -1.68. The molecule has 0 bridgehead atoms. The lowest BCUT2D eigenvalue weighted by molar-refractivity contribution is 0.173. The van der Waals surface area contributed by atoms with Crippen molar-refractivity contribution >= 4 is 0 Å². The van der Waals surface area contributed by atoms with E-state index >= 15 is 0 Å². The van der Waals surface area contributed by atoms with Crippen molar-refractivity contribution in [2.24, 2.45) is 7.05 Å². The molecule has 2 rings (SSSR count). The molecule has 0 saturated carbocycles. The zero-order chi connectivity index (χ0) is 12.3. The Bertz CT molecular complexity index is 493. The van der Waals surface area contributed by atoms with E-state index in [1.165, 1.54) is 11.9 Å². The lowest BCUT2D eigenvalue weighted by atomic mass is 9.98. The van der Waals surface area contributed by atoms with Gasteiger partial charge < -0.3 is 5.11 Å². The van der Waals surface area contributed by atoms with Gasteiger partial charge in [-0.3, -0.25) is 4.68 Å². The highest BCUT2D eigenvalue weighted by Crippen LogP contribution is 2.21. The number of aliphatic hydroxyl groups is 1. The van der Waals surface area contributed by atoms with Gasteiger partial charge in [-0.25, -0.2) is 4.98 Å². The fraction of sp³-hybridized carbons (Fsp3) is 0.385. The van der Waals surface area contributed by atoms with E-state index in [9.17, 15) is 5.11 Å². The van der Waals surface area contributed by atoms with E-state index in [2.05, 4.69) is 23.1 Å². The van der Waals surface area contributed by atoms with Gasteiger partial charge in [0.15, 0.2) is 0 Å². The molecule has 0 amide bonds. The number of benzene rings is 1. The maximum atomic E-state index is 10.2. The molecule has 0 aliphatic carbocycles. The number of aliphatic hydroxyl groups excluding tert-OH is 1.